The summed E-state index contributed by atoms with van der Waals surface area (Å²) in [6, 6.07) is 7.55. The van der Waals surface area contributed by atoms with Crippen LogP contribution in [0.15, 0.2) is 40.9 Å². The van der Waals surface area contributed by atoms with Crippen molar-refractivity contribution in [2.24, 2.45) is 0 Å². The topological polar surface area (TPSA) is 69.6 Å². The van der Waals surface area contributed by atoms with Crippen LogP contribution in [0.5, 0.6) is 5.75 Å². The highest BCUT2D eigenvalue weighted by atomic mass is 79.9. The van der Waals surface area contributed by atoms with Gasteiger partial charge in [0, 0.05) is 11.0 Å². The third kappa shape index (κ3) is 4.54. The smallest absolute Gasteiger partial charge is 0.258 e. The van der Waals surface area contributed by atoms with Gasteiger partial charge in [0.05, 0.1) is 5.56 Å². The van der Waals surface area contributed by atoms with Crippen molar-refractivity contribution in [3.05, 3.63) is 58.1 Å². The van der Waals surface area contributed by atoms with Gasteiger partial charge < -0.3 is 15.3 Å². The molecule has 25 heavy (non-hydrogen) atoms. The lowest BCUT2D eigenvalue weighted by atomic mass is 10.1. The first-order chi connectivity index (χ1) is 11.8. The zero-order chi connectivity index (χ0) is 18.6. The van der Waals surface area contributed by atoms with Gasteiger partial charge in [0.2, 0.25) is 5.91 Å². The molecule has 2 amide bonds. The summed E-state index contributed by atoms with van der Waals surface area (Å²) in [5, 5.41) is 11.9. The molecule has 0 saturated carbocycles. The van der Waals surface area contributed by atoms with Crippen molar-refractivity contribution >= 4 is 33.4 Å². The Kier molecular flexibility index (Phi) is 6.08. The Morgan fingerprint density at radius 2 is 1.84 bits per heavy atom. The van der Waals surface area contributed by atoms with E-state index < -0.39 is 35.7 Å². The summed E-state index contributed by atoms with van der Waals surface area (Å²) < 4.78 is 27.7. The first-order valence-corrected chi connectivity index (χ1v) is 8.14. The minimum Gasteiger partial charge on any atom is -0.507 e. The number of halogens is 3. The Hall–Kier alpha value is -2.48. The maximum atomic E-state index is 13.6. The average Bonchev–Trinajstić information content (AvgIpc) is 2.57. The maximum absolute atomic E-state index is 13.6. The molecule has 0 aliphatic carbocycles. The van der Waals surface area contributed by atoms with Gasteiger partial charge in [-0.25, -0.2) is 8.78 Å². The Morgan fingerprint density at radius 3 is 2.44 bits per heavy atom. The number of hydrogen-bond acceptors (Lipinski definition) is 3. The van der Waals surface area contributed by atoms with Gasteiger partial charge in [-0.1, -0.05) is 22.0 Å². The number of para-hydroxylation sites is 1. The number of anilines is 1. The monoisotopic (exact) mass is 412 g/mol. The van der Waals surface area contributed by atoms with E-state index in [1.807, 2.05) is 0 Å². The van der Waals surface area contributed by atoms with Gasteiger partial charge in [-0.2, -0.15) is 0 Å². The van der Waals surface area contributed by atoms with E-state index >= 15 is 0 Å². The number of amides is 2. The molecule has 0 spiro atoms. The van der Waals surface area contributed by atoms with Crippen LogP contribution in [0.2, 0.25) is 0 Å². The number of rotatable bonds is 5. The molecule has 0 bridgehead atoms. The molecule has 0 radical (unpaired) electrons. The van der Waals surface area contributed by atoms with Crippen LogP contribution < -0.4 is 5.32 Å². The fraction of sp³-hybridized carbons (Fsp3) is 0.176. The zero-order valence-electron chi connectivity index (χ0n) is 13.2. The third-order valence-electron chi connectivity index (χ3n) is 3.42. The van der Waals surface area contributed by atoms with Crippen LogP contribution in [0.4, 0.5) is 14.5 Å². The first-order valence-electron chi connectivity index (χ1n) is 7.35. The van der Waals surface area contributed by atoms with Crippen molar-refractivity contribution in [1.29, 1.82) is 0 Å². The molecule has 2 aromatic rings. The predicted molar refractivity (Wildman–Crippen MR) is 92.4 cm³/mol. The SMILES string of the molecule is CCN(CC(=O)Nc1c(F)cccc1F)C(=O)c1cc(Br)ccc1O. The predicted octanol–water partition coefficient (Wildman–Crippen LogP) is 3.53. The van der Waals surface area contributed by atoms with Gasteiger partial charge in [-0.15, -0.1) is 0 Å². The molecule has 0 aromatic heterocycles. The van der Waals surface area contributed by atoms with E-state index in [0.717, 1.165) is 17.0 Å². The van der Waals surface area contributed by atoms with E-state index in [1.54, 1.807) is 13.0 Å². The summed E-state index contributed by atoms with van der Waals surface area (Å²) in [4.78, 5) is 25.7. The number of hydrogen-bond donors (Lipinski definition) is 2. The van der Waals surface area contributed by atoms with Crippen LogP contribution in [-0.2, 0) is 4.79 Å². The summed E-state index contributed by atoms with van der Waals surface area (Å²) in [5.74, 6) is -3.38. The van der Waals surface area contributed by atoms with Crippen molar-refractivity contribution in [3.8, 4) is 5.75 Å². The molecule has 0 fully saturated rings. The fourth-order valence-electron chi connectivity index (χ4n) is 2.15. The number of carbonyl (C=O) groups excluding carboxylic acids is 2. The molecule has 0 heterocycles. The Balaban J connectivity index is 2.14. The van der Waals surface area contributed by atoms with Gasteiger partial charge >= 0.3 is 0 Å². The number of phenols is 1. The van der Waals surface area contributed by atoms with E-state index in [9.17, 15) is 23.5 Å². The minimum atomic E-state index is -0.910. The molecule has 0 atom stereocenters. The molecule has 132 valence electrons. The molecule has 2 N–H and O–H groups in total. The number of nitrogens with one attached hydrogen (secondary N) is 1. The molecule has 2 aromatic carbocycles. The quantitative estimate of drug-likeness (QED) is 0.788. The number of benzene rings is 2. The second-order valence-corrected chi connectivity index (χ2v) is 6.04. The van der Waals surface area contributed by atoms with Gasteiger partial charge in [0.15, 0.2) is 0 Å². The van der Waals surface area contributed by atoms with E-state index in [0.29, 0.717) is 4.47 Å². The average molecular weight is 413 g/mol. The highest BCUT2D eigenvalue weighted by Crippen LogP contribution is 2.23. The van der Waals surface area contributed by atoms with E-state index in [-0.39, 0.29) is 17.9 Å². The maximum Gasteiger partial charge on any atom is 0.258 e. The van der Waals surface area contributed by atoms with Crippen molar-refractivity contribution < 1.29 is 23.5 Å². The Bertz CT molecular complexity index is 794. The molecular formula is C17H15BrF2N2O3. The number of carbonyl (C=O) groups is 2. The highest BCUT2D eigenvalue weighted by Gasteiger charge is 2.21. The van der Waals surface area contributed by atoms with Crippen molar-refractivity contribution in [1.82, 2.24) is 4.90 Å². The number of likely N-dealkylation sites (N-methyl/N-ethyl adjacent to an activating group) is 1. The van der Waals surface area contributed by atoms with Crippen molar-refractivity contribution in [2.75, 3.05) is 18.4 Å². The van der Waals surface area contributed by atoms with Crippen LogP contribution in [0.25, 0.3) is 0 Å². The lowest BCUT2D eigenvalue weighted by Gasteiger charge is -2.21. The molecule has 0 aliphatic rings. The molecule has 0 saturated heterocycles. The second kappa shape index (κ2) is 8.06. The van der Waals surface area contributed by atoms with E-state index in [4.69, 9.17) is 0 Å². The van der Waals surface area contributed by atoms with Crippen molar-refractivity contribution in [2.45, 2.75) is 6.92 Å². The number of aromatic hydroxyl groups is 1. The lowest BCUT2D eigenvalue weighted by Crippen LogP contribution is -2.38. The molecular weight excluding hydrogens is 398 g/mol. The number of nitrogens with zero attached hydrogens (tertiary/aromatic N) is 1. The lowest BCUT2D eigenvalue weighted by molar-refractivity contribution is -0.116. The Labute approximate surface area is 151 Å². The summed E-state index contributed by atoms with van der Waals surface area (Å²) in [6.45, 7) is 1.39. The van der Waals surface area contributed by atoms with Crippen molar-refractivity contribution in [3.63, 3.8) is 0 Å². The van der Waals surface area contributed by atoms with Crippen LogP contribution in [0, 0.1) is 11.6 Å². The second-order valence-electron chi connectivity index (χ2n) is 5.13. The van der Waals surface area contributed by atoms with E-state index in [2.05, 4.69) is 21.2 Å². The number of phenolic OH excluding ortho intramolecular Hbond substituents is 1. The first kappa shape index (κ1) is 18.9. The highest BCUT2D eigenvalue weighted by molar-refractivity contribution is 9.10. The van der Waals surface area contributed by atoms with Crippen LogP contribution in [0.3, 0.4) is 0 Å². The summed E-state index contributed by atoms with van der Waals surface area (Å²) in [6.07, 6.45) is 0. The third-order valence-corrected chi connectivity index (χ3v) is 3.91. The fourth-order valence-corrected chi connectivity index (χ4v) is 2.51. The summed E-state index contributed by atoms with van der Waals surface area (Å²) >= 11 is 3.20. The molecule has 5 nitrogen and oxygen atoms in total. The normalized spacial score (nSPS) is 10.4. The van der Waals surface area contributed by atoms with E-state index in [1.165, 1.54) is 18.2 Å². The van der Waals surface area contributed by atoms with Gasteiger partial charge in [0.25, 0.3) is 5.91 Å². The molecule has 8 heteroatoms. The summed E-state index contributed by atoms with van der Waals surface area (Å²) in [5.41, 5.74) is -0.553. The summed E-state index contributed by atoms with van der Waals surface area (Å²) in [7, 11) is 0. The molecule has 0 unspecified atom stereocenters. The minimum absolute atomic E-state index is 0.0149. The zero-order valence-corrected chi connectivity index (χ0v) is 14.8. The van der Waals surface area contributed by atoms with Crippen LogP contribution in [-0.4, -0.2) is 34.9 Å². The molecule has 2 rings (SSSR count). The van der Waals surface area contributed by atoms with Crippen LogP contribution in [0.1, 0.15) is 17.3 Å². The van der Waals surface area contributed by atoms with Gasteiger partial charge in [-0.3, -0.25) is 9.59 Å². The largest absolute Gasteiger partial charge is 0.507 e. The van der Waals surface area contributed by atoms with Gasteiger partial charge in [0.1, 0.15) is 29.6 Å². The molecule has 0 aliphatic heterocycles. The van der Waals surface area contributed by atoms with Gasteiger partial charge in [-0.05, 0) is 37.3 Å². The Morgan fingerprint density at radius 1 is 1.20 bits per heavy atom. The standard InChI is InChI=1S/C17H15BrF2N2O3/c1-2-22(17(25)11-8-10(18)6-7-14(11)23)9-15(24)21-16-12(19)4-3-5-13(16)20/h3-8,23H,2,9H2,1H3,(H,21,24). The van der Waals surface area contributed by atoms with Crippen LogP contribution >= 0.6 is 15.9 Å².